The fourth-order valence-electron chi connectivity index (χ4n) is 3.52. The van der Waals surface area contributed by atoms with Crippen LogP contribution >= 0.6 is 0 Å². The standard InChI is InChI=1S/C16H22N6O/c1-10-13-12(23-20-10)5-3-4-11-14(13)18-16(17)19-15(11)22-8-6-21(2)7-9-22/h3-9H2,1-2H3,(H2,17,18,19). The van der Waals surface area contributed by atoms with Gasteiger partial charge in [-0.15, -0.1) is 0 Å². The van der Waals surface area contributed by atoms with E-state index in [2.05, 4.69) is 32.0 Å². The van der Waals surface area contributed by atoms with Gasteiger partial charge in [-0.1, -0.05) is 5.16 Å². The van der Waals surface area contributed by atoms with E-state index in [4.69, 9.17) is 10.3 Å². The van der Waals surface area contributed by atoms with E-state index in [1.165, 1.54) is 5.56 Å². The first-order chi connectivity index (χ1) is 11.1. The van der Waals surface area contributed by atoms with E-state index < -0.39 is 0 Å². The normalized spacial score (nSPS) is 18.4. The molecule has 23 heavy (non-hydrogen) atoms. The molecule has 0 bridgehead atoms. The Hall–Kier alpha value is -2.15. The predicted molar refractivity (Wildman–Crippen MR) is 88.4 cm³/mol. The zero-order valence-corrected chi connectivity index (χ0v) is 13.7. The van der Waals surface area contributed by atoms with Gasteiger partial charge in [0.25, 0.3) is 0 Å². The van der Waals surface area contributed by atoms with Crippen LogP contribution in [0.5, 0.6) is 0 Å². The van der Waals surface area contributed by atoms with Gasteiger partial charge in [0.05, 0.1) is 17.0 Å². The lowest BCUT2D eigenvalue weighted by Gasteiger charge is -2.34. The number of fused-ring (bicyclic) bond motifs is 3. The topological polar surface area (TPSA) is 84.3 Å². The molecule has 122 valence electrons. The van der Waals surface area contributed by atoms with E-state index in [9.17, 15) is 0 Å². The SMILES string of the molecule is Cc1noc2c1-c1nc(N)nc(N3CCN(C)CC3)c1CCC2. The maximum absolute atomic E-state index is 6.03. The van der Waals surface area contributed by atoms with Crippen LogP contribution in [0.4, 0.5) is 11.8 Å². The van der Waals surface area contributed by atoms with Crippen LogP contribution in [0.2, 0.25) is 0 Å². The Balaban J connectivity index is 1.84. The van der Waals surface area contributed by atoms with Crippen molar-refractivity contribution in [2.45, 2.75) is 26.2 Å². The maximum Gasteiger partial charge on any atom is 0.222 e. The smallest absolute Gasteiger partial charge is 0.222 e. The number of aryl methyl sites for hydroxylation is 2. The average Bonchev–Trinajstić information content (AvgIpc) is 2.79. The highest BCUT2D eigenvalue weighted by atomic mass is 16.5. The molecule has 1 aliphatic heterocycles. The molecule has 7 nitrogen and oxygen atoms in total. The van der Waals surface area contributed by atoms with Crippen LogP contribution in [-0.2, 0) is 12.8 Å². The minimum atomic E-state index is 0.325. The van der Waals surface area contributed by atoms with Crippen LogP contribution in [0.3, 0.4) is 0 Å². The Kier molecular flexibility index (Phi) is 3.45. The second-order valence-corrected chi connectivity index (χ2v) is 6.44. The fraction of sp³-hybridized carbons (Fsp3) is 0.562. The van der Waals surface area contributed by atoms with Gasteiger partial charge >= 0.3 is 0 Å². The van der Waals surface area contributed by atoms with E-state index in [0.29, 0.717) is 5.95 Å². The summed E-state index contributed by atoms with van der Waals surface area (Å²) >= 11 is 0. The molecule has 7 heteroatoms. The molecule has 1 aliphatic carbocycles. The zero-order chi connectivity index (χ0) is 16.0. The zero-order valence-electron chi connectivity index (χ0n) is 13.7. The summed E-state index contributed by atoms with van der Waals surface area (Å²) in [6, 6.07) is 0. The van der Waals surface area contributed by atoms with E-state index in [1.54, 1.807) is 0 Å². The fourth-order valence-corrected chi connectivity index (χ4v) is 3.52. The van der Waals surface area contributed by atoms with Crippen LogP contribution in [0.15, 0.2) is 4.52 Å². The number of hydrogen-bond acceptors (Lipinski definition) is 7. The van der Waals surface area contributed by atoms with Crippen LogP contribution in [0, 0.1) is 6.92 Å². The Morgan fingerprint density at radius 1 is 1.09 bits per heavy atom. The van der Waals surface area contributed by atoms with E-state index in [0.717, 1.165) is 74.0 Å². The van der Waals surface area contributed by atoms with Crippen molar-refractivity contribution in [3.63, 3.8) is 0 Å². The summed E-state index contributed by atoms with van der Waals surface area (Å²) in [4.78, 5) is 13.8. The summed E-state index contributed by atoms with van der Waals surface area (Å²) in [6.07, 6.45) is 2.85. The number of piperazine rings is 1. The minimum absolute atomic E-state index is 0.325. The van der Waals surface area contributed by atoms with Crippen molar-refractivity contribution < 1.29 is 4.52 Å². The maximum atomic E-state index is 6.03. The average molecular weight is 314 g/mol. The van der Waals surface area contributed by atoms with Gasteiger partial charge in [0.2, 0.25) is 5.95 Å². The van der Waals surface area contributed by atoms with Gasteiger partial charge in [-0.25, -0.2) is 4.98 Å². The summed E-state index contributed by atoms with van der Waals surface area (Å²) < 4.78 is 5.49. The van der Waals surface area contributed by atoms with Gasteiger partial charge in [0, 0.05) is 38.2 Å². The Bertz CT molecular complexity index is 732. The lowest BCUT2D eigenvalue weighted by atomic mass is 10.0. The third-order valence-electron chi connectivity index (χ3n) is 4.81. The summed E-state index contributed by atoms with van der Waals surface area (Å²) in [5, 5.41) is 4.12. The van der Waals surface area contributed by atoms with Crippen molar-refractivity contribution in [3.8, 4) is 11.3 Å². The third kappa shape index (κ3) is 2.45. The van der Waals surface area contributed by atoms with Crippen molar-refractivity contribution in [3.05, 3.63) is 17.0 Å². The first-order valence-electron chi connectivity index (χ1n) is 8.19. The number of aromatic nitrogens is 3. The summed E-state index contributed by atoms with van der Waals surface area (Å²) in [5.74, 6) is 2.24. The molecule has 0 radical (unpaired) electrons. The molecule has 1 fully saturated rings. The van der Waals surface area contributed by atoms with Crippen molar-refractivity contribution in [2.75, 3.05) is 43.9 Å². The third-order valence-corrected chi connectivity index (χ3v) is 4.81. The molecule has 3 heterocycles. The Labute approximate surface area is 135 Å². The van der Waals surface area contributed by atoms with E-state index in [-0.39, 0.29) is 0 Å². The number of anilines is 2. The monoisotopic (exact) mass is 314 g/mol. The Morgan fingerprint density at radius 3 is 2.65 bits per heavy atom. The van der Waals surface area contributed by atoms with Crippen LogP contribution in [0.25, 0.3) is 11.3 Å². The molecule has 2 N–H and O–H groups in total. The molecule has 0 saturated carbocycles. The van der Waals surface area contributed by atoms with Gasteiger partial charge in [-0.3, -0.25) is 0 Å². The number of likely N-dealkylation sites (N-methyl/N-ethyl adjacent to an activating group) is 1. The molecular formula is C16H22N6O. The highest BCUT2D eigenvalue weighted by Gasteiger charge is 2.28. The van der Waals surface area contributed by atoms with Gasteiger partial charge < -0.3 is 20.1 Å². The van der Waals surface area contributed by atoms with Gasteiger partial charge in [0.1, 0.15) is 11.6 Å². The Morgan fingerprint density at radius 2 is 1.87 bits per heavy atom. The van der Waals surface area contributed by atoms with Crippen LogP contribution < -0.4 is 10.6 Å². The molecular weight excluding hydrogens is 292 g/mol. The molecule has 0 unspecified atom stereocenters. The highest BCUT2D eigenvalue weighted by Crippen LogP contribution is 2.37. The molecule has 2 aromatic rings. The predicted octanol–water partition coefficient (Wildman–Crippen LogP) is 1.26. The largest absolute Gasteiger partial charge is 0.368 e. The second-order valence-electron chi connectivity index (χ2n) is 6.44. The van der Waals surface area contributed by atoms with Crippen molar-refractivity contribution >= 4 is 11.8 Å². The molecule has 2 aliphatic rings. The molecule has 4 rings (SSSR count). The van der Waals surface area contributed by atoms with Crippen molar-refractivity contribution in [2.24, 2.45) is 0 Å². The number of nitrogens with zero attached hydrogens (tertiary/aromatic N) is 5. The molecule has 2 aromatic heterocycles. The van der Waals surface area contributed by atoms with E-state index in [1.807, 2.05) is 6.92 Å². The lowest BCUT2D eigenvalue weighted by Crippen LogP contribution is -2.45. The molecule has 1 saturated heterocycles. The summed E-state index contributed by atoms with van der Waals surface area (Å²) in [5.41, 5.74) is 10.0. The van der Waals surface area contributed by atoms with Crippen LogP contribution in [-0.4, -0.2) is 53.3 Å². The number of hydrogen-bond donors (Lipinski definition) is 1. The molecule has 0 spiro atoms. The van der Waals surface area contributed by atoms with Crippen molar-refractivity contribution in [1.29, 1.82) is 0 Å². The number of nitrogens with two attached hydrogens (primary N) is 1. The molecule has 0 amide bonds. The number of rotatable bonds is 1. The first-order valence-corrected chi connectivity index (χ1v) is 8.19. The quantitative estimate of drug-likeness (QED) is 0.848. The highest BCUT2D eigenvalue weighted by molar-refractivity contribution is 5.74. The van der Waals surface area contributed by atoms with Gasteiger partial charge in [-0.2, -0.15) is 4.98 Å². The molecule has 0 aromatic carbocycles. The van der Waals surface area contributed by atoms with Gasteiger partial charge in [-0.05, 0) is 26.8 Å². The summed E-state index contributed by atoms with van der Waals surface area (Å²) in [7, 11) is 2.15. The number of nitrogen functional groups attached to an aromatic ring is 1. The van der Waals surface area contributed by atoms with Crippen LogP contribution in [0.1, 0.15) is 23.4 Å². The van der Waals surface area contributed by atoms with Crippen molar-refractivity contribution in [1.82, 2.24) is 20.0 Å². The first kappa shape index (κ1) is 14.4. The molecule has 0 atom stereocenters. The summed E-state index contributed by atoms with van der Waals surface area (Å²) in [6.45, 7) is 5.97. The van der Waals surface area contributed by atoms with E-state index >= 15 is 0 Å². The minimum Gasteiger partial charge on any atom is -0.368 e. The second kappa shape index (κ2) is 5.49. The van der Waals surface area contributed by atoms with Gasteiger partial charge in [0.15, 0.2) is 0 Å². The lowest BCUT2D eigenvalue weighted by molar-refractivity contribution is 0.312.